The smallest absolute Gasteiger partial charge is 0.209 e. The lowest BCUT2D eigenvalue weighted by Crippen LogP contribution is -2.38. The van der Waals surface area contributed by atoms with E-state index in [1.807, 2.05) is 29.1 Å². The number of likely N-dealkylation sites (tertiary alicyclic amines) is 1. The molecule has 3 N–H and O–H groups in total. The van der Waals surface area contributed by atoms with E-state index >= 15 is 0 Å². The molecule has 3 heterocycles. The third-order valence-corrected chi connectivity index (χ3v) is 5.01. The highest BCUT2D eigenvalue weighted by atomic mass is 16.1. The van der Waals surface area contributed by atoms with Crippen LogP contribution < -0.4 is 11.1 Å². The second kappa shape index (κ2) is 8.08. The SMILES string of the molecule is Nc1ncnc(NC2CCN(C=O)CC2)c1-c1cnn(Cc2ccccc2)c1. The standard InChI is InChI=1S/C20H23N7O/c21-19-18(16-10-24-27(12-16)11-15-4-2-1-3-5-15)20(23-13-22-19)25-17-6-8-26(14-28)9-7-17/h1-5,10,12-14,17H,6-9,11H2,(H3,21,22,23,25). The monoisotopic (exact) mass is 377 g/mol. The molecule has 0 aliphatic carbocycles. The Hall–Kier alpha value is -3.42. The van der Waals surface area contributed by atoms with Crippen LogP contribution in [0.3, 0.4) is 0 Å². The number of benzene rings is 1. The van der Waals surface area contributed by atoms with Crippen LogP contribution in [0, 0.1) is 0 Å². The zero-order valence-electron chi connectivity index (χ0n) is 15.5. The van der Waals surface area contributed by atoms with Crippen molar-refractivity contribution in [2.75, 3.05) is 24.1 Å². The number of carbonyl (C=O) groups is 1. The lowest BCUT2D eigenvalue weighted by molar-refractivity contribution is -0.118. The first kappa shape index (κ1) is 18.0. The van der Waals surface area contributed by atoms with Gasteiger partial charge in [0.1, 0.15) is 18.0 Å². The van der Waals surface area contributed by atoms with E-state index in [9.17, 15) is 4.79 Å². The molecule has 1 fully saturated rings. The second-order valence-corrected chi connectivity index (χ2v) is 6.95. The molecule has 28 heavy (non-hydrogen) atoms. The molecule has 8 heteroatoms. The number of nitrogens with two attached hydrogens (primary N) is 1. The van der Waals surface area contributed by atoms with Gasteiger partial charge in [-0.1, -0.05) is 30.3 Å². The molecule has 144 valence electrons. The number of aromatic nitrogens is 4. The number of hydrogen-bond acceptors (Lipinski definition) is 6. The van der Waals surface area contributed by atoms with Gasteiger partial charge in [-0.15, -0.1) is 0 Å². The predicted molar refractivity (Wildman–Crippen MR) is 107 cm³/mol. The lowest BCUT2D eigenvalue weighted by atomic mass is 10.0. The number of carbonyl (C=O) groups excluding carboxylic acids is 1. The highest BCUT2D eigenvalue weighted by Gasteiger charge is 2.21. The number of nitrogen functional groups attached to an aromatic ring is 1. The minimum Gasteiger partial charge on any atom is -0.383 e. The van der Waals surface area contributed by atoms with Crippen LogP contribution in [0.1, 0.15) is 18.4 Å². The number of hydrogen-bond donors (Lipinski definition) is 2. The number of nitrogens with one attached hydrogen (secondary N) is 1. The average Bonchev–Trinajstić information content (AvgIpc) is 3.17. The van der Waals surface area contributed by atoms with Crippen molar-refractivity contribution < 1.29 is 4.79 Å². The summed E-state index contributed by atoms with van der Waals surface area (Å²) in [6.07, 6.45) is 7.87. The van der Waals surface area contributed by atoms with Crippen molar-refractivity contribution in [2.24, 2.45) is 0 Å². The van der Waals surface area contributed by atoms with Crippen LogP contribution in [0.5, 0.6) is 0 Å². The maximum Gasteiger partial charge on any atom is 0.209 e. The zero-order valence-corrected chi connectivity index (χ0v) is 15.5. The number of rotatable bonds is 6. The van der Waals surface area contributed by atoms with Crippen molar-refractivity contribution in [1.82, 2.24) is 24.6 Å². The van der Waals surface area contributed by atoms with E-state index in [1.54, 1.807) is 11.1 Å². The Morgan fingerprint density at radius 3 is 2.71 bits per heavy atom. The van der Waals surface area contributed by atoms with Crippen molar-refractivity contribution in [2.45, 2.75) is 25.4 Å². The van der Waals surface area contributed by atoms with Gasteiger partial charge in [-0.2, -0.15) is 5.10 Å². The molecular weight excluding hydrogens is 354 g/mol. The van der Waals surface area contributed by atoms with E-state index in [0.29, 0.717) is 18.2 Å². The summed E-state index contributed by atoms with van der Waals surface area (Å²) in [5.41, 5.74) is 9.00. The summed E-state index contributed by atoms with van der Waals surface area (Å²) < 4.78 is 1.88. The molecule has 0 spiro atoms. The molecule has 0 unspecified atom stereocenters. The maximum absolute atomic E-state index is 10.9. The maximum atomic E-state index is 10.9. The fourth-order valence-corrected chi connectivity index (χ4v) is 3.49. The molecule has 1 aromatic carbocycles. The van der Waals surface area contributed by atoms with Crippen molar-refractivity contribution in [3.8, 4) is 11.1 Å². The van der Waals surface area contributed by atoms with E-state index in [-0.39, 0.29) is 6.04 Å². The van der Waals surface area contributed by atoms with Gasteiger partial charge in [0.05, 0.1) is 18.3 Å². The summed E-state index contributed by atoms with van der Waals surface area (Å²) in [7, 11) is 0. The molecule has 1 amide bonds. The van der Waals surface area contributed by atoms with E-state index in [0.717, 1.165) is 43.5 Å². The minimum absolute atomic E-state index is 0.239. The third kappa shape index (κ3) is 3.95. The molecule has 4 rings (SSSR count). The highest BCUT2D eigenvalue weighted by molar-refractivity contribution is 5.82. The quantitative estimate of drug-likeness (QED) is 0.637. The molecule has 1 aliphatic rings. The lowest BCUT2D eigenvalue weighted by Gasteiger charge is -2.30. The van der Waals surface area contributed by atoms with E-state index in [2.05, 4.69) is 32.5 Å². The van der Waals surface area contributed by atoms with Gasteiger partial charge in [0.15, 0.2) is 0 Å². The molecule has 3 aromatic rings. The number of nitrogens with zero attached hydrogens (tertiary/aromatic N) is 5. The first-order valence-electron chi connectivity index (χ1n) is 9.36. The van der Waals surface area contributed by atoms with E-state index in [4.69, 9.17) is 5.73 Å². The summed E-state index contributed by atoms with van der Waals surface area (Å²) >= 11 is 0. The first-order chi connectivity index (χ1) is 13.7. The normalized spacial score (nSPS) is 14.8. The average molecular weight is 377 g/mol. The summed E-state index contributed by atoms with van der Waals surface area (Å²) in [4.78, 5) is 21.3. The summed E-state index contributed by atoms with van der Waals surface area (Å²) in [6, 6.07) is 10.4. The molecule has 1 saturated heterocycles. The summed E-state index contributed by atoms with van der Waals surface area (Å²) in [5.74, 6) is 1.12. The first-order valence-corrected chi connectivity index (χ1v) is 9.36. The van der Waals surface area contributed by atoms with Gasteiger partial charge >= 0.3 is 0 Å². The Bertz CT molecular complexity index is 933. The number of amides is 1. The Balaban J connectivity index is 1.54. The molecule has 8 nitrogen and oxygen atoms in total. The van der Waals surface area contributed by atoms with Crippen molar-refractivity contribution in [3.05, 3.63) is 54.6 Å². The van der Waals surface area contributed by atoms with Crippen molar-refractivity contribution in [3.63, 3.8) is 0 Å². The molecule has 2 aromatic heterocycles. The third-order valence-electron chi connectivity index (χ3n) is 5.01. The molecule has 1 aliphatic heterocycles. The second-order valence-electron chi connectivity index (χ2n) is 6.95. The van der Waals surface area contributed by atoms with E-state index < -0.39 is 0 Å². The van der Waals surface area contributed by atoms with E-state index in [1.165, 1.54) is 11.9 Å². The van der Waals surface area contributed by atoms with Crippen LogP contribution in [-0.2, 0) is 11.3 Å². The van der Waals surface area contributed by atoms with Gasteiger partial charge in [-0.25, -0.2) is 9.97 Å². The largest absolute Gasteiger partial charge is 0.383 e. The Morgan fingerprint density at radius 1 is 1.18 bits per heavy atom. The summed E-state index contributed by atoms with van der Waals surface area (Å²) in [6.45, 7) is 2.17. The summed E-state index contributed by atoms with van der Waals surface area (Å²) in [5, 5.41) is 7.95. The predicted octanol–water partition coefficient (Wildman–Crippen LogP) is 2.00. The van der Waals surface area contributed by atoms with Crippen molar-refractivity contribution >= 4 is 18.0 Å². The fourth-order valence-electron chi connectivity index (χ4n) is 3.49. The van der Waals surface area contributed by atoms with Crippen LogP contribution >= 0.6 is 0 Å². The fraction of sp³-hybridized carbons (Fsp3) is 0.300. The zero-order chi connectivity index (χ0) is 19.3. The van der Waals surface area contributed by atoms with Gasteiger partial charge < -0.3 is 16.0 Å². The van der Waals surface area contributed by atoms with Gasteiger partial charge in [-0.3, -0.25) is 9.48 Å². The topological polar surface area (TPSA) is 102 Å². The van der Waals surface area contributed by atoms with Crippen LogP contribution in [-0.4, -0.2) is 50.2 Å². The molecule has 0 bridgehead atoms. The number of anilines is 2. The Labute approximate surface area is 163 Å². The van der Waals surface area contributed by atoms with Crippen LogP contribution in [0.2, 0.25) is 0 Å². The van der Waals surface area contributed by atoms with Crippen LogP contribution in [0.25, 0.3) is 11.1 Å². The Kier molecular flexibility index (Phi) is 5.18. The molecule has 0 radical (unpaired) electrons. The molecular formula is C20H23N7O. The van der Waals surface area contributed by atoms with Gasteiger partial charge in [-0.05, 0) is 18.4 Å². The van der Waals surface area contributed by atoms with Gasteiger partial charge in [0.2, 0.25) is 6.41 Å². The Morgan fingerprint density at radius 2 is 1.96 bits per heavy atom. The minimum atomic E-state index is 0.239. The van der Waals surface area contributed by atoms with Crippen LogP contribution in [0.4, 0.5) is 11.6 Å². The van der Waals surface area contributed by atoms with Gasteiger partial charge in [0, 0.05) is 30.9 Å². The molecule has 0 saturated carbocycles. The van der Waals surface area contributed by atoms with Crippen LogP contribution in [0.15, 0.2) is 49.1 Å². The van der Waals surface area contributed by atoms with Crippen molar-refractivity contribution in [1.29, 1.82) is 0 Å². The molecule has 0 atom stereocenters. The van der Waals surface area contributed by atoms with Gasteiger partial charge in [0.25, 0.3) is 0 Å². The number of piperidine rings is 1. The highest BCUT2D eigenvalue weighted by Crippen LogP contribution is 2.31.